The van der Waals surface area contributed by atoms with Crippen LogP contribution in [0.1, 0.15) is 49.5 Å². The Kier molecular flexibility index (Phi) is 6.30. The minimum absolute atomic E-state index is 0.0222. The number of carboxylic acid groups (broad SMARTS) is 1. The molecule has 2 rings (SSSR count). The minimum Gasteiger partial charge on any atom is -0.480 e. The van der Waals surface area contributed by atoms with Gasteiger partial charge in [-0.25, -0.2) is 9.48 Å². The summed E-state index contributed by atoms with van der Waals surface area (Å²) < 4.78 is 6.05. The van der Waals surface area contributed by atoms with E-state index < -0.39 is 17.4 Å². The van der Waals surface area contributed by atoms with Gasteiger partial charge in [-0.3, -0.25) is 9.59 Å². The van der Waals surface area contributed by atoms with E-state index in [1.54, 1.807) is 0 Å². The van der Waals surface area contributed by atoms with E-state index in [0.29, 0.717) is 18.8 Å². The zero-order valence-electron chi connectivity index (χ0n) is 14.7. The summed E-state index contributed by atoms with van der Waals surface area (Å²) in [5, 5.41) is 16.3. The lowest BCUT2D eigenvalue weighted by atomic mass is 9.75. The van der Waals surface area contributed by atoms with Crippen molar-refractivity contribution < 1.29 is 19.4 Å². The molecule has 1 heterocycles. The smallest absolute Gasteiger partial charge is 0.329 e. The molecule has 0 bridgehead atoms. The van der Waals surface area contributed by atoms with Gasteiger partial charge in [0.2, 0.25) is 0 Å². The first-order valence-corrected chi connectivity index (χ1v) is 8.55. The summed E-state index contributed by atoms with van der Waals surface area (Å²) >= 11 is 0. The second-order valence-electron chi connectivity index (χ2n) is 6.47. The SMILES string of the molecule is CCC1CCC(NC(=O)c2ccc(=O)n(CCOC)n2)(C(=O)O)CC1. The second-order valence-corrected chi connectivity index (χ2v) is 6.47. The van der Waals surface area contributed by atoms with E-state index in [-0.39, 0.29) is 24.4 Å². The first kappa shape index (κ1) is 19.1. The number of hydrogen-bond donors (Lipinski definition) is 2. The average Bonchev–Trinajstić information content (AvgIpc) is 2.61. The van der Waals surface area contributed by atoms with E-state index in [0.717, 1.165) is 23.9 Å². The molecule has 1 aromatic heterocycles. The monoisotopic (exact) mass is 351 g/mol. The van der Waals surface area contributed by atoms with Crippen LogP contribution in [-0.4, -0.2) is 46.0 Å². The number of carbonyl (C=O) groups is 2. The molecule has 1 fully saturated rings. The van der Waals surface area contributed by atoms with Gasteiger partial charge in [-0.2, -0.15) is 5.10 Å². The molecule has 2 N–H and O–H groups in total. The molecular formula is C17H25N3O5. The predicted molar refractivity (Wildman–Crippen MR) is 90.5 cm³/mol. The third-order valence-corrected chi connectivity index (χ3v) is 4.90. The van der Waals surface area contributed by atoms with Crippen LogP contribution in [0.5, 0.6) is 0 Å². The Hall–Kier alpha value is -2.22. The Morgan fingerprint density at radius 2 is 2.08 bits per heavy atom. The topological polar surface area (TPSA) is 111 Å². The van der Waals surface area contributed by atoms with Crippen molar-refractivity contribution >= 4 is 11.9 Å². The second kappa shape index (κ2) is 8.24. The molecule has 0 unspecified atom stereocenters. The zero-order chi connectivity index (χ0) is 18.4. The lowest BCUT2D eigenvalue weighted by Gasteiger charge is -2.37. The molecule has 0 saturated heterocycles. The Balaban J connectivity index is 2.16. The summed E-state index contributed by atoms with van der Waals surface area (Å²) in [6, 6.07) is 2.56. The summed E-state index contributed by atoms with van der Waals surface area (Å²) in [7, 11) is 1.50. The normalized spacial score (nSPS) is 23.2. The highest BCUT2D eigenvalue weighted by Gasteiger charge is 2.43. The molecule has 1 aromatic rings. The summed E-state index contributed by atoms with van der Waals surface area (Å²) in [6.07, 6.45) is 3.34. The standard InChI is InChI=1S/C17H25N3O5/c1-3-12-6-8-17(9-7-12,16(23)24)18-15(22)13-4-5-14(21)20(19-13)10-11-25-2/h4-5,12H,3,6-11H2,1-2H3,(H,18,22)(H,23,24). The van der Waals surface area contributed by atoms with E-state index in [1.807, 2.05) is 0 Å². The molecule has 8 nitrogen and oxygen atoms in total. The first-order chi connectivity index (χ1) is 11.9. The van der Waals surface area contributed by atoms with Crippen LogP contribution in [0.2, 0.25) is 0 Å². The molecule has 0 radical (unpaired) electrons. The van der Waals surface area contributed by atoms with E-state index in [2.05, 4.69) is 17.3 Å². The quantitative estimate of drug-likeness (QED) is 0.759. The molecule has 1 aliphatic carbocycles. The highest BCUT2D eigenvalue weighted by molar-refractivity contribution is 5.96. The highest BCUT2D eigenvalue weighted by Crippen LogP contribution is 2.34. The van der Waals surface area contributed by atoms with Crippen LogP contribution < -0.4 is 10.9 Å². The van der Waals surface area contributed by atoms with Gasteiger partial charge in [0.1, 0.15) is 11.2 Å². The van der Waals surface area contributed by atoms with Gasteiger partial charge >= 0.3 is 5.97 Å². The summed E-state index contributed by atoms with van der Waals surface area (Å²) in [4.78, 5) is 36.1. The number of aromatic nitrogens is 2. The number of amides is 1. The fourth-order valence-corrected chi connectivity index (χ4v) is 3.16. The van der Waals surface area contributed by atoms with Gasteiger partial charge in [0.25, 0.3) is 11.5 Å². The number of carboxylic acids is 1. The van der Waals surface area contributed by atoms with Gasteiger partial charge in [-0.05, 0) is 37.7 Å². The van der Waals surface area contributed by atoms with Crippen LogP contribution in [0.25, 0.3) is 0 Å². The van der Waals surface area contributed by atoms with E-state index >= 15 is 0 Å². The molecule has 138 valence electrons. The molecule has 1 amide bonds. The minimum atomic E-state index is -1.27. The molecular weight excluding hydrogens is 326 g/mol. The number of methoxy groups -OCH3 is 1. The Labute approximate surface area is 146 Å². The number of hydrogen-bond acceptors (Lipinski definition) is 5. The number of ether oxygens (including phenoxy) is 1. The number of nitrogens with one attached hydrogen (secondary N) is 1. The van der Waals surface area contributed by atoms with Crippen molar-refractivity contribution in [2.45, 2.75) is 51.1 Å². The number of rotatable bonds is 7. The van der Waals surface area contributed by atoms with Gasteiger partial charge in [0, 0.05) is 13.2 Å². The Morgan fingerprint density at radius 3 is 2.64 bits per heavy atom. The Morgan fingerprint density at radius 1 is 1.40 bits per heavy atom. The van der Waals surface area contributed by atoms with Crippen molar-refractivity contribution in [3.63, 3.8) is 0 Å². The van der Waals surface area contributed by atoms with E-state index in [1.165, 1.54) is 19.2 Å². The number of nitrogens with zero attached hydrogens (tertiary/aromatic N) is 2. The molecule has 8 heteroatoms. The van der Waals surface area contributed by atoms with Crippen LogP contribution in [0.15, 0.2) is 16.9 Å². The third-order valence-electron chi connectivity index (χ3n) is 4.90. The summed E-state index contributed by atoms with van der Waals surface area (Å²) in [6.45, 7) is 2.60. The van der Waals surface area contributed by atoms with Crippen molar-refractivity contribution in [3.8, 4) is 0 Å². The fourth-order valence-electron chi connectivity index (χ4n) is 3.16. The molecule has 0 atom stereocenters. The average molecular weight is 351 g/mol. The molecule has 25 heavy (non-hydrogen) atoms. The maximum Gasteiger partial charge on any atom is 0.329 e. The third kappa shape index (κ3) is 4.45. The van der Waals surface area contributed by atoms with Crippen molar-refractivity contribution in [2.24, 2.45) is 5.92 Å². The number of aliphatic carboxylic acids is 1. The van der Waals surface area contributed by atoms with Gasteiger partial charge in [-0.1, -0.05) is 13.3 Å². The highest BCUT2D eigenvalue weighted by atomic mass is 16.5. The fraction of sp³-hybridized carbons (Fsp3) is 0.647. The zero-order valence-corrected chi connectivity index (χ0v) is 14.7. The van der Waals surface area contributed by atoms with Crippen molar-refractivity contribution in [1.29, 1.82) is 0 Å². The largest absolute Gasteiger partial charge is 0.480 e. The molecule has 1 aliphatic rings. The van der Waals surface area contributed by atoms with E-state index in [4.69, 9.17) is 4.74 Å². The van der Waals surface area contributed by atoms with Gasteiger partial charge in [0.15, 0.2) is 0 Å². The summed E-state index contributed by atoms with van der Waals surface area (Å²) in [5.74, 6) is -1.11. The van der Waals surface area contributed by atoms with Crippen molar-refractivity contribution in [2.75, 3.05) is 13.7 Å². The van der Waals surface area contributed by atoms with E-state index in [9.17, 15) is 19.5 Å². The molecule has 0 aromatic carbocycles. The molecule has 0 spiro atoms. The van der Waals surface area contributed by atoms with Crippen LogP contribution in [-0.2, 0) is 16.1 Å². The van der Waals surface area contributed by atoms with Crippen molar-refractivity contribution in [3.05, 3.63) is 28.2 Å². The van der Waals surface area contributed by atoms with Crippen LogP contribution in [0.4, 0.5) is 0 Å². The van der Waals surface area contributed by atoms with Crippen LogP contribution >= 0.6 is 0 Å². The maximum absolute atomic E-state index is 12.5. The lowest BCUT2D eigenvalue weighted by molar-refractivity contribution is -0.146. The van der Waals surface area contributed by atoms with Crippen LogP contribution in [0.3, 0.4) is 0 Å². The van der Waals surface area contributed by atoms with Gasteiger partial charge in [0.05, 0.1) is 13.2 Å². The van der Waals surface area contributed by atoms with Gasteiger partial charge < -0.3 is 15.2 Å². The van der Waals surface area contributed by atoms with Gasteiger partial charge in [-0.15, -0.1) is 0 Å². The van der Waals surface area contributed by atoms with Crippen molar-refractivity contribution in [1.82, 2.24) is 15.1 Å². The maximum atomic E-state index is 12.5. The summed E-state index contributed by atoms with van der Waals surface area (Å²) in [5.41, 5.74) is -1.59. The number of carbonyl (C=O) groups excluding carboxylic acids is 1. The molecule has 0 aliphatic heterocycles. The Bertz CT molecular complexity index is 677. The predicted octanol–water partition coefficient (Wildman–Crippen LogP) is 1.04. The van der Waals surface area contributed by atoms with Crippen LogP contribution in [0, 0.1) is 5.92 Å². The molecule has 1 saturated carbocycles. The first-order valence-electron chi connectivity index (χ1n) is 8.55. The lowest BCUT2D eigenvalue weighted by Crippen LogP contribution is -2.56.